The molecule has 0 aromatic heterocycles. The lowest BCUT2D eigenvalue weighted by molar-refractivity contribution is -0.136. The van der Waals surface area contributed by atoms with E-state index in [9.17, 15) is 4.79 Å². The Kier molecular flexibility index (Phi) is 3.35. The summed E-state index contributed by atoms with van der Waals surface area (Å²) in [5.41, 5.74) is 0.616. The van der Waals surface area contributed by atoms with Gasteiger partial charge in [0.1, 0.15) is 11.9 Å². The fourth-order valence-electron chi connectivity index (χ4n) is 1.18. The predicted octanol–water partition coefficient (Wildman–Crippen LogP) is 2.17. The number of methoxy groups -OCH3 is 1. The maximum absolute atomic E-state index is 11.2. The predicted molar refractivity (Wildman–Crippen MR) is 57.4 cm³/mol. The van der Waals surface area contributed by atoms with Crippen molar-refractivity contribution < 1.29 is 14.3 Å². The molecule has 0 spiro atoms. The van der Waals surface area contributed by atoms with Crippen LogP contribution in [0.1, 0.15) is 13.3 Å². The van der Waals surface area contributed by atoms with Crippen molar-refractivity contribution >= 4 is 28.6 Å². The van der Waals surface area contributed by atoms with E-state index in [4.69, 9.17) is 4.74 Å². The first-order valence-electron chi connectivity index (χ1n) is 3.85. The van der Waals surface area contributed by atoms with Crippen LogP contribution < -0.4 is 0 Å². The first-order valence-corrected chi connectivity index (χ1v) is 4.93. The molecule has 0 fully saturated rings. The van der Waals surface area contributed by atoms with Gasteiger partial charge >= 0.3 is 5.97 Å². The Morgan fingerprint density at radius 1 is 1.77 bits per heavy atom. The molecule has 0 bridgehead atoms. The Morgan fingerprint density at radius 2 is 2.38 bits per heavy atom. The Hall–Kier alpha value is -0.520. The van der Waals surface area contributed by atoms with E-state index in [1.54, 1.807) is 6.92 Å². The van der Waals surface area contributed by atoms with E-state index in [2.05, 4.69) is 33.9 Å². The third-order valence-corrected chi connectivity index (χ3v) is 2.61. The fraction of sp³-hybridized carbons (Fsp3) is 0.444. The molecule has 0 aromatic carbocycles. The van der Waals surface area contributed by atoms with Crippen LogP contribution in [0.15, 0.2) is 21.5 Å². The third kappa shape index (κ3) is 2.24. The molecular weight excluding hydrogens is 283 g/mol. The van der Waals surface area contributed by atoms with Crippen molar-refractivity contribution in [3.05, 3.63) is 21.5 Å². The number of allylic oxidation sites excluding steroid dienone is 1. The summed E-state index contributed by atoms with van der Waals surface area (Å²) < 4.78 is 11.0. The molecule has 1 heterocycles. The minimum atomic E-state index is -0.308. The van der Waals surface area contributed by atoms with Crippen molar-refractivity contribution in [2.24, 2.45) is 0 Å². The molecule has 72 valence electrons. The van der Waals surface area contributed by atoms with Gasteiger partial charge in [-0.1, -0.05) is 6.58 Å². The SMILES string of the molecule is C=C(I)C1CC(C(=O)OC)=C(C)O1. The molecule has 0 aliphatic carbocycles. The number of carbonyl (C=O) groups is 1. The molecule has 0 aromatic rings. The van der Waals surface area contributed by atoms with Gasteiger partial charge in [0.15, 0.2) is 0 Å². The highest BCUT2D eigenvalue weighted by atomic mass is 127. The highest BCUT2D eigenvalue weighted by Gasteiger charge is 2.29. The van der Waals surface area contributed by atoms with Gasteiger partial charge < -0.3 is 9.47 Å². The minimum Gasteiger partial charge on any atom is -0.489 e. The summed E-state index contributed by atoms with van der Waals surface area (Å²) in [4.78, 5) is 11.2. The van der Waals surface area contributed by atoms with Crippen molar-refractivity contribution in [2.45, 2.75) is 19.4 Å². The molecule has 0 radical (unpaired) electrons. The molecule has 1 aliphatic heterocycles. The quantitative estimate of drug-likeness (QED) is 0.578. The average Bonchev–Trinajstić information content (AvgIpc) is 2.46. The Morgan fingerprint density at radius 3 is 2.77 bits per heavy atom. The topological polar surface area (TPSA) is 35.5 Å². The largest absolute Gasteiger partial charge is 0.489 e. The summed E-state index contributed by atoms with van der Waals surface area (Å²) in [5.74, 6) is 0.340. The van der Waals surface area contributed by atoms with Gasteiger partial charge in [-0.3, -0.25) is 0 Å². The van der Waals surface area contributed by atoms with Gasteiger partial charge in [-0.2, -0.15) is 0 Å². The molecule has 0 saturated heterocycles. The molecule has 1 rings (SSSR count). The number of hydrogen-bond acceptors (Lipinski definition) is 3. The lowest BCUT2D eigenvalue weighted by Crippen LogP contribution is -2.08. The van der Waals surface area contributed by atoms with Crippen LogP contribution in [-0.4, -0.2) is 19.2 Å². The Bertz CT molecular complexity index is 281. The van der Waals surface area contributed by atoms with E-state index < -0.39 is 0 Å². The van der Waals surface area contributed by atoms with Crippen molar-refractivity contribution in [1.82, 2.24) is 0 Å². The zero-order chi connectivity index (χ0) is 10.0. The van der Waals surface area contributed by atoms with Crippen molar-refractivity contribution in [3.8, 4) is 0 Å². The van der Waals surface area contributed by atoms with Gasteiger partial charge in [0.25, 0.3) is 0 Å². The number of esters is 1. The summed E-state index contributed by atoms with van der Waals surface area (Å²) in [6, 6.07) is 0. The van der Waals surface area contributed by atoms with E-state index in [1.807, 2.05) is 0 Å². The van der Waals surface area contributed by atoms with Gasteiger partial charge in [-0.25, -0.2) is 4.79 Å². The van der Waals surface area contributed by atoms with Gasteiger partial charge in [-0.05, 0) is 29.5 Å². The van der Waals surface area contributed by atoms with Crippen molar-refractivity contribution in [2.75, 3.05) is 7.11 Å². The second kappa shape index (κ2) is 4.13. The maximum Gasteiger partial charge on any atom is 0.337 e. The lowest BCUT2D eigenvalue weighted by atomic mass is 10.1. The molecule has 0 N–H and O–H groups in total. The maximum atomic E-state index is 11.2. The number of rotatable bonds is 2. The highest BCUT2D eigenvalue weighted by molar-refractivity contribution is 14.1. The standard InChI is InChI=1S/C9H11IO3/c1-5(10)8-4-7(6(2)13-8)9(11)12-3/h8H,1,4H2,2-3H3. The van der Waals surface area contributed by atoms with Crippen molar-refractivity contribution in [1.29, 1.82) is 0 Å². The molecule has 1 aliphatic rings. The Labute approximate surface area is 90.9 Å². The minimum absolute atomic E-state index is 0.0744. The van der Waals surface area contributed by atoms with E-state index in [1.165, 1.54) is 7.11 Å². The van der Waals surface area contributed by atoms with Crippen LogP contribution in [-0.2, 0) is 14.3 Å². The van der Waals surface area contributed by atoms with Crippen LogP contribution in [0.2, 0.25) is 0 Å². The summed E-state index contributed by atoms with van der Waals surface area (Å²) in [6.07, 6.45) is 0.495. The number of carbonyl (C=O) groups excluding carboxylic acids is 1. The summed E-state index contributed by atoms with van der Waals surface area (Å²) in [6.45, 7) is 5.54. The second-order valence-corrected chi connectivity index (χ2v) is 4.17. The van der Waals surface area contributed by atoms with Crippen molar-refractivity contribution in [3.63, 3.8) is 0 Å². The van der Waals surface area contributed by atoms with Gasteiger partial charge in [-0.15, -0.1) is 0 Å². The van der Waals surface area contributed by atoms with Gasteiger partial charge in [0.2, 0.25) is 0 Å². The van der Waals surface area contributed by atoms with Crippen LogP contribution in [0.3, 0.4) is 0 Å². The highest BCUT2D eigenvalue weighted by Crippen LogP contribution is 2.31. The normalized spacial score (nSPS) is 21.3. The number of ether oxygens (including phenoxy) is 2. The zero-order valence-electron chi connectivity index (χ0n) is 7.59. The fourth-order valence-corrected chi connectivity index (χ4v) is 1.53. The zero-order valence-corrected chi connectivity index (χ0v) is 9.75. The lowest BCUT2D eigenvalue weighted by Gasteiger charge is -2.08. The summed E-state index contributed by atoms with van der Waals surface area (Å²) in [7, 11) is 1.37. The summed E-state index contributed by atoms with van der Waals surface area (Å²) in [5, 5.41) is 0. The van der Waals surface area contributed by atoms with Crippen LogP contribution in [0, 0.1) is 0 Å². The molecule has 0 saturated carbocycles. The second-order valence-electron chi connectivity index (χ2n) is 2.78. The molecule has 4 heteroatoms. The van der Waals surface area contributed by atoms with E-state index >= 15 is 0 Å². The first-order chi connectivity index (χ1) is 6.06. The molecule has 1 unspecified atom stereocenters. The number of hydrogen-bond donors (Lipinski definition) is 0. The third-order valence-electron chi connectivity index (χ3n) is 1.91. The van der Waals surface area contributed by atoms with Gasteiger partial charge in [0.05, 0.1) is 12.7 Å². The molecule has 1 atom stereocenters. The average molecular weight is 294 g/mol. The van der Waals surface area contributed by atoms with Crippen LogP contribution >= 0.6 is 22.6 Å². The number of halogens is 1. The molecule has 3 nitrogen and oxygen atoms in total. The smallest absolute Gasteiger partial charge is 0.337 e. The van der Waals surface area contributed by atoms with E-state index in [0.717, 1.165) is 3.58 Å². The van der Waals surface area contributed by atoms with E-state index in [0.29, 0.717) is 17.8 Å². The van der Waals surface area contributed by atoms with Crippen LogP contribution in [0.25, 0.3) is 0 Å². The van der Waals surface area contributed by atoms with Crippen LogP contribution in [0.5, 0.6) is 0 Å². The van der Waals surface area contributed by atoms with Gasteiger partial charge in [0, 0.05) is 10.0 Å². The van der Waals surface area contributed by atoms with Crippen LogP contribution in [0.4, 0.5) is 0 Å². The Balaban J connectivity index is 2.73. The molecular formula is C9H11IO3. The summed E-state index contributed by atoms with van der Waals surface area (Å²) >= 11 is 2.10. The molecule has 0 amide bonds. The molecule has 13 heavy (non-hydrogen) atoms. The monoisotopic (exact) mass is 294 g/mol. The first kappa shape index (κ1) is 10.6. The van der Waals surface area contributed by atoms with E-state index in [-0.39, 0.29) is 12.1 Å².